The number of rotatable bonds is 8. The molecule has 3 N–H and O–H groups in total. The lowest BCUT2D eigenvalue weighted by molar-refractivity contribution is -0.128. The van der Waals surface area contributed by atoms with Crippen LogP contribution in [0.5, 0.6) is 5.75 Å². The fourth-order valence-electron chi connectivity index (χ4n) is 3.47. The topological polar surface area (TPSA) is 116 Å². The SMILES string of the molecule is COc1ccc(CN2C(=O)N[C@H](CCC(=O)NCc3nc4ccccc4[nH]3)C2=O)cc1. The van der Waals surface area contributed by atoms with E-state index in [1.54, 1.807) is 31.4 Å². The zero-order chi connectivity index (χ0) is 21.8. The van der Waals surface area contributed by atoms with E-state index in [2.05, 4.69) is 20.6 Å². The molecule has 0 aliphatic carbocycles. The Bertz CT molecular complexity index is 1080. The molecule has 3 aromatic rings. The van der Waals surface area contributed by atoms with Gasteiger partial charge in [-0.3, -0.25) is 14.5 Å². The van der Waals surface area contributed by atoms with Gasteiger partial charge in [0.25, 0.3) is 5.91 Å². The number of carbonyl (C=O) groups excluding carboxylic acids is 3. The number of imidazole rings is 1. The first kappa shape index (κ1) is 20.4. The summed E-state index contributed by atoms with van der Waals surface area (Å²) in [7, 11) is 1.57. The molecule has 0 unspecified atom stereocenters. The van der Waals surface area contributed by atoms with Gasteiger partial charge in [-0.2, -0.15) is 0 Å². The first-order chi connectivity index (χ1) is 15.0. The van der Waals surface area contributed by atoms with Gasteiger partial charge in [-0.05, 0) is 36.2 Å². The molecule has 2 aromatic carbocycles. The Morgan fingerprint density at radius 2 is 1.94 bits per heavy atom. The molecule has 1 aliphatic rings. The van der Waals surface area contributed by atoms with E-state index < -0.39 is 12.1 Å². The summed E-state index contributed by atoms with van der Waals surface area (Å²) in [4.78, 5) is 45.8. The van der Waals surface area contributed by atoms with Crippen molar-refractivity contribution in [3.05, 3.63) is 59.9 Å². The minimum Gasteiger partial charge on any atom is -0.497 e. The third-order valence-electron chi connectivity index (χ3n) is 5.16. The molecule has 0 radical (unpaired) electrons. The van der Waals surface area contributed by atoms with Gasteiger partial charge in [0.1, 0.15) is 17.6 Å². The van der Waals surface area contributed by atoms with Crippen LogP contribution in [0.4, 0.5) is 4.79 Å². The van der Waals surface area contributed by atoms with Gasteiger partial charge in [-0.1, -0.05) is 24.3 Å². The second-order valence-electron chi connectivity index (χ2n) is 7.29. The van der Waals surface area contributed by atoms with Crippen LogP contribution in [0.2, 0.25) is 0 Å². The zero-order valence-corrected chi connectivity index (χ0v) is 17.1. The van der Waals surface area contributed by atoms with Crippen molar-refractivity contribution in [1.82, 2.24) is 25.5 Å². The monoisotopic (exact) mass is 421 g/mol. The minimum absolute atomic E-state index is 0.118. The van der Waals surface area contributed by atoms with E-state index in [1.807, 2.05) is 24.3 Å². The summed E-state index contributed by atoms with van der Waals surface area (Å²) >= 11 is 0. The van der Waals surface area contributed by atoms with Crippen LogP contribution in [-0.2, 0) is 22.7 Å². The molecular formula is C22H23N5O4. The summed E-state index contributed by atoms with van der Waals surface area (Å²) < 4.78 is 5.11. The molecular weight excluding hydrogens is 398 g/mol. The summed E-state index contributed by atoms with van der Waals surface area (Å²) in [6.45, 7) is 0.436. The van der Waals surface area contributed by atoms with Crippen molar-refractivity contribution < 1.29 is 19.1 Å². The second kappa shape index (κ2) is 8.86. The molecule has 1 aliphatic heterocycles. The Balaban J connectivity index is 1.26. The highest BCUT2D eigenvalue weighted by molar-refractivity contribution is 6.04. The van der Waals surface area contributed by atoms with Gasteiger partial charge in [0.15, 0.2) is 0 Å². The molecule has 2 heterocycles. The summed E-state index contributed by atoms with van der Waals surface area (Å²) in [5, 5.41) is 5.45. The van der Waals surface area contributed by atoms with E-state index in [-0.39, 0.29) is 37.7 Å². The van der Waals surface area contributed by atoms with E-state index in [4.69, 9.17) is 4.74 Å². The van der Waals surface area contributed by atoms with E-state index in [1.165, 1.54) is 4.90 Å². The third-order valence-corrected chi connectivity index (χ3v) is 5.16. The lowest BCUT2D eigenvalue weighted by Gasteiger charge is -2.13. The number of carbonyl (C=O) groups is 3. The molecule has 1 atom stereocenters. The number of fused-ring (bicyclic) bond motifs is 1. The van der Waals surface area contributed by atoms with Crippen LogP contribution in [0.15, 0.2) is 48.5 Å². The normalized spacial score (nSPS) is 15.9. The van der Waals surface area contributed by atoms with Gasteiger partial charge in [-0.15, -0.1) is 0 Å². The van der Waals surface area contributed by atoms with Crippen molar-refractivity contribution in [3.63, 3.8) is 0 Å². The van der Waals surface area contributed by atoms with Crippen molar-refractivity contribution in [2.45, 2.75) is 32.0 Å². The molecule has 0 spiro atoms. The maximum absolute atomic E-state index is 12.6. The number of aromatic amines is 1. The van der Waals surface area contributed by atoms with Gasteiger partial charge < -0.3 is 20.4 Å². The van der Waals surface area contributed by atoms with Crippen LogP contribution in [-0.4, -0.2) is 45.9 Å². The van der Waals surface area contributed by atoms with E-state index in [9.17, 15) is 14.4 Å². The van der Waals surface area contributed by atoms with Gasteiger partial charge in [0.05, 0.1) is 31.2 Å². The van der Waals surface area contributed by atoms with Crippen molar-refractivity contribution in [2.75, 3.05) is 7.11 Å². The molecule has 9 heteroatoms. The molecule has 9 nitrogen and oxygen atoms in total. The Kier molecular flexibility index (Phi) is 5.83. The predicted octanol–water partition coefficient (Wildman–Crippen LogP) is 2.09. The third kappa shape index (κ3) is 4.66. The van der Waals surface area contributed by atoms with Gasteiger partial charge in [0.2, 0.25) is 5.91 Å². The zero-order valence-electron chi connectivity index (χ0n) is 17.1. The standard InChI is InChI=1S/C22H23N5O4/c1-31-15-8-6-14(7-9-15)13-27-21(29)18(26-22(27)30)10-11-20(28)23-12-19-24-16-4-2-3-5-17(16)25-19/h2-9,18H,10-13H2,1H3,(H,23,28)(H,24,25)(H,26,30)/t18-/m1/s1. The highest BCUT2D eigenvalue weighted by Gasteiger charge is 2.37. The maximum atomic E-state index is 12.6. The molecule has 4 rings (SSSR count). The molecule has 160 valence electrons. The predicted molar refractivity (Wildman–Crippen MR) is 113 cm³/mol. The number of amides is 4. The number of H-pyrrole nitrogens is 1. The maximum Gasteiger partial charge on any atom is 0.325 e. The summed E-state index contributed by atoms with van der Waals surface area (Å²) in [6, 6.07) is 13.6. The van der Waals surface area contributed by atoms with Crippen LogP contribution in [0.25, 0.3) is 11.0 Å². The Morgan fingerprint density at radius 1 is 1.16 bits per heavy atom. The quantitative estimate of drug-likeness (QED) is 0.482. The number of aromatic nitrogens is 2. The number of urea groups is 1. The smallest absolute Gasteiger partial charge is 0.325 e. The van der Waals surface area contributed by atoms with Gasteiger partial charge in [-0.25, -0.2) is 9.78 Å². The lowest BCUT2D eigenvalue weighted by Crippen LogP contribution is -2.32. The highest BCUT2D eigenvalue weighted by atomic mass is 16.5. The van der Waals surface area contributed by atoms with Crippen LogP contribution >= 0.6 is 0 Å². The van der Waals surface area contributed by atoms with E-state index >= 15 is 0 Å². The second-order valence-corrected chi connectivity index (χ2v) is 7.29. The van der Waals surface area contributed by atoms with Crippen LogP contribution in [0.3, 0.4) is 0 Å². The lowest BCUT2D eigenvalue weighted by atomic mass is 10.1. The number of nitrogens with zero attached hydrogens (tertiary/aromatic N) is 2. The Hall–Kier alpha value is -3.88. The van der Waals surface area contributed by atoms with E-state index in [0.717, 1.165) is 16.6 Å². The minimum atomic E-state index is -0.706. The van der Waals surface area contributed by atoms with Crippen LogP contribution < -0.4 is 15.4 Å². The molecule has 1 saturated heterocycles. The fourth-order valence-corrected chi connectivity index (χ4v) is 3.47. The number of ether oxygens (including phenoxy) is 1. The molecule has 1 aromatic heterocycles. The molecule has 31 heavy (non-hydrogen) atoms. The summed E-state index contributed by atoms with van der Waals surface area (Å²) in [6.07, 6.45) is 0.350. The summed E-state index contributed by atoms with van der Waals surface area (Å²) in [5.74, 6) is 0.819. The van der Waals surface area contributed by atoms with Gasteiger partial charge in [0, 0.05) is 6.42 Å². The summed E-state index contributed by atoms with van der Waals surface area (Å²) in [5.41, 5.74) is 2.56. The van der Waals surface area contributed by atoms with Gasteiger partial charge >= 0.3 is 6.03 Å². The van der Waals surface area contributed by atoms with Crippen molar-refractivity contribution in [3.8, 4) is 5.75 Å². The average Bonchev–Trinajstić information content (AvgIpc) is 3.32. The number of imide groups is 1. The number of para-hydroxylation sites is 2. The van der Waals surface area contributed by atoms with E-state index in [0.29, 0.717) is 11.6 Å². The average molecular weight is 421 g/mol. The number of benzene rings is 2. The van der Waals surface area contributed by atoms with Crippen LogP contribution in [0, 0.1) is 0 Å². The first-order valence-electron chi connectivity index (χ1n) is 9.98. The Morgan fingerprint density at radius 3 is 2.68 bits per heavy atom. The Labute approximate surface area is 178 Å². The van der Waals surface area contributed by atoms with Crippen LogP contribution in [0.1, 0.15) is 24.2 Å². The number of methoxy groups -OCH3 is 1. The molecule has 0 bridgehead atoms. The largest absolute Gasteiger partial charge is 0.497 e. The number of nitrogens with one attached hydrogen (secondary N) is 3. The van der Waals surface area contributed by atoms with Crippen molar-refractivity contribution >= 4 is 28.9 Å². The first-order valence-corrected chi connectivity index (χ1v) is 9.98. The molecule has 0 saturated carbocycles. The molecule has 1 fully saturated rings. The number of hydrogen-bond acceptors (Lipinski definition) is 5. The number of hydrogen-bond donors (Lipinski definition) is 3. The van der Waals surface area contributed by atoms with Crippen molar-refractivity contribution in [2.24, 2.45) is 0 Å². The molecule has 4 amide bonds. The fraction of sp³-hybridized carbons (Fsp3) is 0.273. The highest BCUT2D eigenvalue weighted by Crippen LogP contribution is 2.17. The van der Waals surface area contributed by atoms with Crippen molar-refractivity contribution in [1.29, 1.82) is 0 Å².